The summed E-state index contributed by atoms with van der Waals surface area (Å²) in [5.41, 5.74) is 6.90. The van der Waals surface area contributed by atoms with Crippen LogP contribution >= 0.6 is 0 Å². The molecule has 0 saturated heterocycles. The number of carbonyl (C=O) groups excluding carboxylic acids is 1. The van der Waals surface area contributed by atoms with Crippen molar-refractivity contribution in [2.75, 3.05) is 5.32 Å². The molecule has 2 aromatic rings. The third-order valence-corrected chi connectivity index (χ3v) is 6.50. The number of aromatic nitrogens is 2. The van der Waals surface area contributed by atoms with Gasteiger partial charge in [-0.3, -0.25) is 9.48 Å². The van der Waals surface area contributed by atoms with E-state index in [1.54, 1.807) is 10.9 Å². The number of nitriles is 1. The standard InChI is InChI=1S/C23H30N6O2/c24-13-12-23(10-8-18(9-11-23)26-14-16-4-2-1-3-5-16)29-15-19(20(25)30)21(28-29)27-22(31)17-6-7-17/h1-5,15,17-18,20,26,30H,6-12,14,25H2,(H,27,28,31). The first-order chi connectivity index (χ1) is 15.0. The van der Waals surface area contributed by atoms with Gasteiger partial charge in [0.25, 0.3) is 0 Å². The molecule has 8 nitrogen and oxygen atoms in total. The highest BCUT2D eigenvalue weighted by atomic mass is 16.3. The van der Waals surface area contributed by atoms with Gasteiger partial charge in [-0.05, 0) is 44.1 Å². The Morgan fingerprint density at radius 3 is 2.61 bits per heavy atom. The van der Waals surface area contributed by atoms with Gasteiger partial charge in [-0.15, -0.1) is 0 Å². The van der Waals surface area contributed by atoms with Gasteiger partial charge in [-0.1, -0.05) is 30.3 Å². The summed E-state index contributed by atoms with van der Waals surface area (Å²) in [6.07, 6.45) is 5.92. The van der Waals surface area contributed by atoms with E-state index in [9.17, 15) is 15.2 Å². The first-order valence-corrected chi connectivity index (χ1v) is 11.0. The summed E-state index contributed by atoms with van der Waals surface area (Å²) < 4.78 is 1.76. The molecule has 1 unspecified atom stereocenters. The minimum Gasteiger partial charge on any atom is -0.374 e. The van der Waals surface area contributed by atoms with Crippen molar-refractivity contribution in [3.63, 3.8) is 0 Å². The molecule has 31 heavy (non-hydrogen) atoms. The van der Waals surface area contributed by atoms with E-state index in [4.69, 9.17) is 5.73 Å². The largest absolute Gasteiger partial charge is 0.374 e. The van der Waals surface area contributed by atoms with Crippen LogP contribution in [0, 0.1) is 17.2 Å². The smallest absolute Gasteiger partial charge is 0.228 e. The van der Waals surface area contributed by atoms with E-state index in [1.165, 1.54) is 5.56 Å². The highest BCUT2D eigenvalue weighted by Crippen LogP contribution is 2.39. The minimum absolute atomic E-state index is 0.0205. The summed E-state index contributed by atoms with van der Waals surface area (Å²) in [6, 6.07) is 13.0. The number of nitrogens with zero attached hydrogens (tertiary/aromatic N) is 3. The summed E-state index contributed by atoms with van der Waals surface area (Å²) >= 11 is 0. The lowest BCUT2D eigenvalue weighted by Gasteiger charge is -2.39. The molecule has 1 amide bonds. The number of anilines is 1. The van der Waals surface area contributed by atoms with Crippen molar-refractivity contribution < 1.29 is 9.90 Å². The fraction of sp³-hybridized carbons (Fsp3) is 0.522. The van der Waals surface area contributed by atoms with Crippen molar-refractivity contribution in [1.82, 2.24) is 15.1 Å². The van der Waals surface area contributed by atoms with Crippen LogP contribution in [-0.2, 0) is 16.9 Å². The molecule has 1 heterocycles. The number of hydrogen-bond acceptors (Lipinski definition) is 6. The molecule has 1 aromatic heterocycles. The molecule has 0 radical (unpaired) electrons. The first kappa shape index (κ1) is 21.5. The number of aliphatic hydroxyl groups is 1. The Hall–Kier alpha value is -2.73. The Morgan fingerprint density at radius 1 is 1.29 bits per heavy atom. The molecular formula is C23H30N6O2. The van der Waals surface area contributed by atoms with E-state index in [2.05, 4.69) is 33.9 Å². The molecule has 1 atom stereocenters. The van der Waals surface area contributed by atoms with Gasteiger partial charge in [0.1, 0.15) is 6.23 Å². The fourth-order valence-electron chi connectivity index (χ4n) is 4.36. The molecule has 0 bridgehead atoms. The van der Waals surface area contributed by atoms with Gasteiger partial charge < -0.3 is 21.5 Å². The third-order valence-electron chi connectivity index (χ3n) is 6.50. The van der Waals surface area contributed by atoms with Gasteiger partial charge in [0.15, 0.2) is 5.82 Å². The van der Waals surface area contributed by atoms with Gasteiger partial charge in [-0.2, -0.15) is 10.4 Å². The molecule has 164 valence electrons. The number of hydrogen-bond donors (Lipinski definition) is 4. The van der Waals surface area contributed by atoms with Gasteiger partial charge in [0.05, 0.1) is 23.6 Å². The number of rotatable bonds is 8. The second-order valence-electron chi connectivity index (χ2n) is 8.79. The van der Waals surface area contributed by atoms with Gasteiger partial charge in [0, 0.05) is 24.7 Å². The number of carbonyl (C=O) groups is 1. The highest BCUT2D eigenvalue weighted by molar-refractivity contribution is 5.93. The van der Waals surface area contributed by atoms with Crippen LogP contribution in [0.3, 0.4) is 0 Å². The molecule has 0 aliphatic heterocycles. The minimum atomic E-state index is -1.24. The molecule has 2 fully saturated rings. The number of aliphatic hydroxyl groups excluding tert-OH is 1. The van der Waals surface area contributed by atoms with E-state index in [0.29, 0.717) is 23.8 Å². The van der Waals surface area contributed by atoms with Crippen molar-refractivity contribution in [1.29, 1.82) is 5.26 Å². The van der Waals surface area contributed by atoms with Crippen LogP contribution in [0.15, 0.2) is 36.5 Å². The number of nitrogens with two attached hydrogens (primary N) is 1. The van der Waals surface area contributed by atoms with Crippen LogP contribution in [0.1, 0.15) is 62.3 Å². The molecule has 2 saturated carbocycles. The van der Waals surface area contributed by atoms with E-state index in [-0.39, 0.29) is 11.8 Å². The maximum Gasteiger partial charge on any atom is 0.228 e. The molecule has 2 aliphatic carbocycles. The maximum absolute atomic E-state index is 12.2. The third kappa shape index (κ3) is 4.96. The molecule has 8 heteroatoms. The second-order valence-corrected chi connectivity index (χ2v) is 8.79. The monoisotopic (exact) mass is 422 g/mol. The Kier molecular flexibility index (Phi) is 6.37. The molecule has 4 rings (SSSR count). The lowest BCUT2D eigenvalue weighted by atomic mass is 9.77. The Balaban J connectivity index is 1.47. The Bertz CT molecular complexity index is 937. The van der Waals surface area contributed by atoms with Crippen LogP contribution in [0.2, 0.25) is 0 Å². The molecule has 5 N–H and O–H groups in total. The van der Waals surface area contributed by atoms with E-state index >= 15 is 0 Å². The van der Waals surface area contributed by atoms with Crippen LogP contribution < -0.4 is 16.4 Å². The van der Waals surface area contributed by atoms with Crippen LogP contribution in [-0.4, -0.2) is 26.8 Å². The van der Waals surface area contributed by atoms with Crippen LogP contribution in [0.5, 0.6) is 0 Å². The average Bonchev–Trinajstić information content (AvgIpc) is 3.54. The Morgan fingerprint density at radius 2 is 2.00 bits per heavy atom. The van der Waals surface area contributed by atoms with Gasteiger partial charge >= 0.3 is 0 Å². The van der Waals surface area contributed by atoms with Crippen molar-refractivity contribution in [3.05, 3.63) is 47.7 Å². The van der Waals surface area contributed by atoms with E-state index in [1.807, 2.05) is 18.2 Å². The lowest BCUT2D eigenvalue weighted by molar-refractivity contribution is -0.117. The van der Waals surface area contributed by atoms with Crippen molar-refractivity contribution >= 4 is 11.7 Å². The van der Waals surface area contributed by atoms with Gasteiger partial charge in [0.2, 0.25) is 5.91 Å². The summed E-state index contributed by atoms with van der Waals surface area (Å²) in [4.78, 5) is 12.2. The predicted molar refractivity (Wildman–Crippen MR) is 116 cm³/mol. The number of benzene rings is 1. The van der Waals surface area contributed by atoms with Crippen LogP contribution in [0.25, 0.3) is 0 Å². The predicted octanol–water partition coefficient (Wildman–Crippen LogP) is 2.52. The van der Waals surface area contributed by atoms with Crippen molar-refractivity contribution in [2.45, 2.75) is 69.3 Å². The number of nitrogens with one attached hydrogen (secondary N) is 2. The zero-order chi connectivity index (χ0) is 21.8. The summed E-state index contributed by atoms with van der Waals surface area (Å²) in [7, 11) is 0. The number of amides is 1. The topological polar surface area (TPSA) is 129 Å². The van der Waals surface area contributed by atoms with E-state index < -0.39 is 11.8 Å². The maximum atomic E-state index is 12.2. The van der Waals surface area contributed by atoms with E-state index in [0.717, 1.165) is 45.1 Å². The molecule has 2 aliphatic rings. The van der Waals surface area contributed by atoms with Crippen molar-refractivity contribution in [3.8, 4) is 6.07 Å². The summed E-state index contributed by atoms with van der Waals surface area (Å²) in [5, 5.41) is 30.6. The molecule has 1 aromatic carbocycles. The summed E-state index contributed by atoms with van der Waals surface area (Å²) in [5.74, 6) is 0.232. The Labute approximate surface area is 182 Å². The average molecular weight is 423 g/mol. The highest BCUT2D eigenvalue weighted by Gasteiger charge is 2.39. The molecule has 0 spiro atoms. The quantitative estimate of drug-likeness (QED) is 0.484. The first-order valence-electron chi connectivity index (χ1n) is 11.0. The zero-order valence-corrected chi connectivity index (χ0v) is 17.6. The normalized spacial score (nSPS) is 24.4. The second kappa shape index (κ2) is 9.18. The van der Waals surface area contributed by atoms with Gasteiger partial charge in [-0.25, -0.2) is 0 Å². The van der Waals surface area contributed by atoms with Crippen molar-refractivity contribution in [2.24, 2.45) is 11.7 Å². The molecular weight excluding hydrogens is 392 g/mol. The summed E-state index contributed by atoms with van der Waals surface area (Å²) in [6.45, 7) is 0.819. The SMILES string of the molecule is N#CCC1(n2cc(C(N)O)c(NC(=O)C3CC3)n2)CCC(NCc2ccccc2)CC1. The lowest BCUT2D eigenvalue weighted by Crippen LogP contribution is -2.43. The van der Waals surface area contributed by atoms with Crippen LogP contribution in [0.4, 0.5) is 5.82 Å². The fourth-order valence-corrected chi connectivity index (χ4v) is 4.36. The zero-order valence-electron chi connectivity index (χ0n) is 17.6.